The second-order valence-corrected chi connectivity index (χ2v) is 2.39. The second-order valence-electron chi connectivity index (χ2n) is 2.39. The molecule has 0 aliphatic carbocycles. The van der Waals surface area contributed by atoms with Gasteiger partial charge in [0.15, 0.2) is 0 Å². The van der Waals surface area contributed by atoms with Crippen molar-refractivity contribution >= 4 is 5.84 Å². The van der Waals surface area contributed by atoms with Crippen LogP contribution in [0.15, 0.2) is 29.3 Å². The summed E-state index contributed by atoms with van der Waals surface area (Å²) >= 11 is 0. The Balaban J connectivity index is 0.000000921. The third kappa shape index (κ3) is 4.28. The lowest BCUT2D eigenvalue weighted by atomic mass is 10.2. The van der Waals surface area contributed by atoms with Gasteiger partial charge in [0.1, 0.15) is 18.2 Å². The summed E-state index contributed by atoms with van der Waals surface area (Å²) < 4.78 is 13.1. The van der Waals surface area contributed by atoms with Crippen LogP contribution in [0.25, 0.3) is 0 Å². The smallest absolute Gasteiger partial charge is 0.134 e. The Hall–Kier alpha value is -1.82. The maximum Gasteiger partial charge on any atom is 0.134 e. The van der Waals surface area contributed by atoms with Gasteiger partial charge >= 0.3 is 0 Å². The van der Waals surface area contributed by atoms with Crippen molar-refractivity contribution in [1.82, 2.24) is 0 Å². The van der Waals surface area contributed by atoms with Crippen LogP contribution in [0.4, 0.5) is 4.39 Å². The van der Waals surface area contributed by atoms with E-state index in [1.54, 1.807) is 18.2 Å². The van der Waals surface area contributed by atoms with Gasteiger partial charge in [-0.3, -0.25) is 4.99 Å². The number of aliphatic imine (C=N–C) groups is 1. The van der Waals surface area contributed by atoms with Gasteiger partial charge in [-0.1, -0.05) is 31.9 Å². The van der Waals surface area contributed by atoms with E-state index >= 15 is 0 Å². The van der Waals surface area contributed by atoms with Crippen molar-refractivity contribution < 1.29 is 4.39 Å². The van der Waals surface area contributed by atoms with Crippen LogP contribution in [0.1, 0.15) is 19.4 Å². The van der Waals surface area contributed by atoms with Crippen molar-refractivity contribution in [3.8, 4) is 12.3 Å². The monoisotopic (exact) mass is 206 g/mol. The van der Waals surface area contributed by atoms with E-state index in [0.717, 1.165) is 0 Å². The highest BCUT2D eigenvalue weighted by Crippen LogP contribution is 2.05. The fraction of sp³-hybridized carbons (Fsp3) is 0.250. The van der Waals surface area contributed by atoms with Crippen LogP contribution in [-0.4, -0.2) is 12.4 Å². The zero-order chi connectivity index (χ0) is 11.7. The fourth-order valence-electron chi connectivity index (χ4n) is 0.885. The fourth-order valence-corrected chi connectivity index (χ4v) is 0.885. The summed E-state index contributed by atoms with van der Waals surface area (Å²) in [5.74, 6) is 2.04. The summed E-state index contributed by atoms with van der Waals surface area (Å²) in [6.45, 7) is 4.17. The van der Waals surface area contributed by atoms with Gasteiger partial charge < -0.3 is 5.73 Å². The second kappa shape index (κ2) is 7.57. The average Bonchev–Trinajstić information content (AvgIpc) is 2.29. The molecule has 0 atom stereocenters. The van der Waals surface area contributed by atoms with Crippen molar-refractivity contribution in [2.24, 2.45) is 10.7 Å². The van der Waals surface area contributed by atoms with Crippen LogP contribution in [0.3, 0.4) is 0 Å². The number of halogens is 1. The van der Waals surface area contributed by atoms with E-state index in [-0.39, 0.29) is 23.8 Å². The first-order valence-electron chi connectivity index (χ1n) is 4.74. The summed E-state index contributed by atoms with van der Waals surface area (Å²) in [4.78, 5) is 3.79. The molecule has 15 heavy (non-hydrogen) atoms. The SMILES string of the molecule is C#CCN=C(N)c1ccccc1F.CC. The van der Waals surface area contributed by atoms with Gasteiger partial charge in [0.05, 0.1) is 5.56 Å². The first kappa shape index (κ1) is 13.2. The van der Waals surface area contributed by atoms with Crippen molar-refractivity contribution in [2.75, 3.05) is 6.54 Å². The van der Waals surface area contributed by atoms with Gasteiger partial charge in [0.2, 0.25) is 0 Å². The molecule has 0 heterocycles. The molecule has 2 nitrogen and oxygen atoms in total. The van der Waals surface area contributed by atoms with Crippen LogP contribution >= 0.6 is 0 Å². The maximum atomic E-state index is 13.1. The predicted octanol–water partition coefficient (Wildman–Crippen LogP) is 2.19. The molecule has 0 bridgehead atoms. The standard InChI is InChI=1S/C10H9FN2.C2H6/c1-2-7-13-10(12)8-5-3-4-6-9(8)11;1-2/h1,3-6H,7H2,(H2,12,13);1-2H3. The molecule has 0 radical (unpaired) electrons. The Morgan fingerprint density at radius 2 is 2.07 bits per heavy atom. The van der Waals surface area contributed by atoms with Gasteiger partial charge in [-0.2, -0.15) is 0 Å². The van der Waals surface area contributed by atoms with Gasteiger partial charge in [-0.25, -0.2) is 4.39 Å². The first-order chi connectivity index (χ1) is 7.25. The van der Waals surface area contributed by atoms with E-state index in [0.29, 0.717) is 0 Å². The highest BCUT2D eigenvalue weighted by Gasteiger charge is 2.03. The summed E-state index contributed by atoms with van der Waals surface area (Å²) in [5, 5.41) is 0. The van der Waals surface area contributed by atoms with Gasteiger partial charge in [0, 0.05) is 0 Å². The summed E-state index contributed by atoms with van der Waals surface area (Å²) in [6.07, 6.45) is 4.99. The molecule has 80 valence electrons. The Bertz CT molecular complexity index is 364. The highest BCUT2D eigenvalue weighted by atomic mass is 19.1. The quantitative estimate of drug-likeness (QED) is 0.449. The van der Waals surface area contributed by atoms with Crippen molar-refractivity contribution in [3.05, 3.63) is 35.6 Å². The molecule has 1 rings (SSSR count). The van der Waals surface area contributed by atoms with E-state index in [1.807, 2.05) is 13.8 Å². The lowest BCUT2D eigenvalue weighted by Gasteiger charge is -2.00. The minimum Gasteiger partial charge on any atom is -0.383 e. The van der Waals surface area contributed by atoms with E-state index in [1.165, 1.54) is 6.07 Å². The maximum absolute atomic E-state index is 13.1. The molecule has 0 aliphatic heterocycles. The Morgan fingerprint density at radius 1 is 1.47 bits per heavy atom. The Morgan fingerprint density at radius 3 is 2.60 bits per heavy atom. The van der Waals surface area contributed by atoms with Gasteiger partial charge in [-0.15, -0.1) is 6.42 Å². The summed E-state index contributed by atoms with van der Waals surface area (Å²) in [6, 6.07) is 6.17. The number of nitrogens with zero attached hydrogens (tertiary/aromatic N) is 1. The van der Waals surface area contributed by atoms with Crippen LogP contribution < -0.4 is 5.73 Å². The Labute approximate surface area is 90.0 Å². The molecule has 0 saturated heterocycles. The van der Waals surface area contributed by atoms with E-state index in [4.69, 9.17) is 12.2 Å². The van der Waals surface area contributed by atoms with E-state index in [2.05, 4.69) is 10.9 Å². The minimum absolute atomic E-state index is 0.135. The number of hydrogen-bond donors (Lipinski definition) is 1. The van der Waals surface area contributed by atoms with Crippen LogP contribution in [-0.2, 0) is 0 Å². The Kier molecular flexibility index (Phi) is 6.65. The topological polar surface area (TPSA) is 38.4 Å². The van der Waals surface area contributed by atoms with Crippen molar-refractivity contribution in [3.63, 3.8) is 0 Å². The highest BCUT2D eigenvalue weighted by molar-refractivity contribution is 5.97. The van der Waals surface area contributed by atoms with E-state index in [9.17, 15) is 4.39 Å². The predicted molar refractivity (Wildman–Crippen MR) is 62.2 cm³/mol. The average molecular weight is 206 g/mol. The molecule has 0 saturated carbocycles. The number of amidine groups is 1. The van der Waals surface area contributed by atoms with Crippen LogP contribution in [0.5, 0.6) is 0 Å². The molecule has 3 heteroatoms. The van der Waals surface area contributed by atoms with Crippen molar-refractivity contribution in [1.29, 1.82) is 0 Å². The minimum atomic E-state index is -0.388. The normalized spacial score (nSPS) is 9.87. The molecule has 0 unspecified atom stereocenters. The van der Waals surface area contributed by atoms with E-state index < -0.39 is 0 Å². The number of terminal acetylenes is 1. The summed E-state index contributed by atoms with van der Waals surface area (Å²) in [7, 11) is 0. The third-order valence-corrected chi connectivity index (χ3v) is 1.49. The molecule has 0 aliphatic rings. The number of nitrogens with two attached hydrogens (primary N) is 1. The zero-order valence-electron chi connectivity index (χ0n) is 9.00. The lowest BCUT2D eigenvalue weighted by molar-refractivity contribution is 0.625. The number of hydrogen-bond acceptors (Lipinski definition) is 1. The lowest BCUT2D eigenvalue weighted by Crippen LogP contribution is -2.15. The van der Waals surface area contributed by atoms with Gasteiger partial charge in [0.25, 0.3) is 0 Å². The summed E-state index contributed by atoms with van der Waals surface area (Å²) in [5.41, 5.74) is 5.79. The molecular formula is C12H15FN2. The molecule has 0 spiro atoms. The molecule has 0 amide bonds. The largest absolute Gasteiger partial charge is 0.383 e. The molecule has 1 aromatic carbocycles. The molecular weight excluding hydrogens is 191 g/mol. The van der Waals surface area contributed by atoms with Crippen LogP contribution in [0.2, 0.25) is 0 Å². The van der Waals surface area contributed by atoms with Gasteiger partial charge in [-0.05, 0) is 12.1 Å². The number of benzene rings is 1. The van der Waals surface area contributed by atoms with Crippen molar-refractivity contribution in [2.45, 2.75) is 13.8 Å². The molecule has 2 N–H and O–H groups in total. The number of rotatable bonds is 2. The zero-order valence-corrected chi connectivity index (χ0v) is 9.00. The molecule has 1 aromatic rings. The van der Waals surface area contributed by atoms with Crippen LogP contribution in [0, 0.1) is 18.2 Å². The molecule has 0 fully saturated rings. The first-order valence-corrected chi connectivity index (χ1v) is 4.74. The molecule has 0 aromatic heterocycles. The third-order valence-electron chi connectivity index (χ3n) is 1.49.